The van der Waals surface area contributed by atoms with Crippen LogP contribution >= 0.6 is 8.58 Å². The van der Waals surface area contributed by atoms with Crippen LogP contribution in [-0.2, 0) is 10.6 Å². The number of para-hydroxylation sites is 1. The molecular weight excluding hydrogens is 433 g/mol. The molecule has 3 aromatic rings. The molecule has 0 fully saturated rings. The van der Waals surface area contributed by atoms with Gasteiger partial charge in [0, 0.05) is 22.5 Å². The highest BCUT2D eigenvalue weighted by molar-refractivity contribution is 7.48. The Balaban J connectivity index is 2.05. The van der Waals surface area contributed by atoms with Crippen molar-refractivity contribution in [3.8, 4) is 5.75 Å². The fourth-order valence-electron chi connectivity index (χ4n) is 4.31. The molecule has 34 heavy (non-hydrogen) atoms. The zero-order valence-corrected chi connectivity index (χ0v) is 22.7. The Hall–Kier alpha value is -2.44. The molecule has 1 N–H and O–H groups in total. The van der Waals surface area contributed by atoms with Crippen molar-refractivity contribution in [2.24, 2.45) is 4.99 Å². The highest BCUT2D eigenvalue weighted by Crippen LogP contribution is 2.50. The van der Waals surface area contributed by atoms with E-state index in [1.165, 1.54) is 23.7 Å². The first-order chi connectivity index (χ1) is 16.1. The minimum Gasteiger partial charge on any atom is -0.507 e. The molecule has 0 aliphatic carbocycles. The standard InChI is InChI=1S/C31H40NOP/c1-7-8-14-19-31(6,27-21-25(30(3,4)5)20-23(2)29(27)33)34-28-18-13-12-15-24(28)22-32-26-16-10-9-11-17-26/h9-13,15-18,20-22,33-34H,7-8,14,19H2,1-6H3. The van der Waals surface area contributed by atoms with Gasteiger partial charge in [0.15, 0.2) is 0 Å². The summed E-state index contributed by atoms with van der Waals surface area (Å²) < 4.78 is 0. The zero-order chi connectivity index (χ0) is 24.8. The van der Waals surface area contributed by atoms with Crippen molar-refractivity contribution >= 4 is 25.8 Å². The number of phenols is 1. The van der Waals surface area contributed by atoms with Gasteiger partial charge in [-0.05, 0) is 47.3 Å². The van der Waals surface area contributed by atoms with E-state index in [-0.39, 0.29) is 10.6 Å². The average molecular weight is 474 g/mol. The van der Waals surface area contributed by atoms with E-state index in [1.54, 1.807) is 0 Å². The second kappa shape index (κ2) is 11.3. The molecule has 0 saturated carbocycles. The molecule has 2 nitrogen and oxygen atoms in total. The second-order valence-corrected chi connectivity index (χ2v) is 12.4. The van der Waals surface area contributed by atoms with Gasteiger partial charge in [0.1, 0.15) is 5.75 Å². The molecule has 2 atom stereocenters. The molecule has 0 bridgehead atoms. The highest BCUT2D eigenvalue weighted by Gasteiger charge is 2.32. The van der Waals surface area contributed by atoms with Crippen molar-refractivity contribution in [3.05, 3.63) is 89.0 Å². The number of rotatable bonds is 9. The number of hydrogen-bond donors (Lipinski definition) is 1. The summed E-state index contributed by atoms with van der Waals surface area (Å²) in [6, 6.07) is 23.1. The van der Waals surface area contributed by atoms with E-state index in [2.05, 4.69) is 71.0 Å². The molecule has 0 aromatic heterocycles. The number of aliphatic imine (C=N–C) groups is 1. The summed E-state index contributed by atoms with van der Waals surface area (Å²) in [7, 11) is 0.525. The topological polar surface area (TPSA) is 32.6 Å². The van der Waals surface area contributed by atoms with Crippen molar-refractivity contribution in [3.63, 3.8) is 0 Å². The van der Waals surface area contributed by atoms with Crippen LogP contribution in [0.5, 0.6) is 5.75 Å². The molecule has 0 amide bonds. The minimum atomic E-state index is -0.151. The van der Waals surface area contributed by atoms with Crippen molar-refractivity contribution in [2.45, 2.75) is 77.8 Å². The van der Waals surface area contributed by atoms with Gasteiger partial charge in [0.05, 0.1) is 5.69 Å². The van der Waals surface area contributed by atoms with Gasteiger partial charge in [-0.2, -0.15) is 0 Å². The maximum Gasteiger partial charge on any atom is 0.122 e. The summed E-state index contributed by atoms with van der Waals surface area (Å²) in [5.41, 5.74) is 5.46. The Morgan fingerprint density at radius 1 is 0.912 bits per heavy atom. The van der Waals surface area contributed by atoms with Crippen LogP contribution in [-0.4, -0.2) is 11.3 Å². The van der Waals surface area contributed by atoms with Crippen LogP contribution in [0.1, 0.15) is 82.6 Å². The van der Waals surface area contributed by atoms with Gasteiger partial charge >= 0.3 is 0 Å². The highest BCUT2D eigenvalue weighted by atomic mass is 31.1. The van der Waals surface area contributed by atoms with E-state index < -0.39 is 0 Å². The number of nitrogens with zero attached hydrogens (tertiary/aromatic N) is 1. The van der Waals surface area contributed by atoms with E-state index in [9.17, 15) is 5.11 Å². The summed E-state index contributed by atoms with van der Waals surface area (Å²) in [6.07, 6.45) is 6.58. The molecule has 3 heteroatoms. The summed E-state index contributed by atoms with van der Waals surface area (Å²) >= 11 is 0. The number of unbranched alkanes of at least 4 members (excludes halogenated alkanes) is 2. The lowest BCUT2D eigenvalue weighted by atomic mass is 9.82. The van der Waals surface area contributed by atoms with Gasteiger partial charge in [-0.25, -0.2) is 0 Å². The van der Waals surface area contributed by atoms with Crippen LogP contribution in [0.25, 0.3) is 0 Å². The fraction of sp³-hybridized carbons (Fsp3) is 0.387. The number of hydrogen-bond acceptors (Lipinski definition) is 2. The first kappa shape index (κ1) is 26.2. The lowest BCUT2D eigenvalue weighted by Gasteiger charge is -2.34. The van der Waals surface area contributed by atoms with E-state index in [0.29, 0.717) is 14.3 Å². The second-order valence-electron chi connectivity index (χ2n) is 10.5. The number of phenolic OH excluding ortho intramolecular Hbond substituents is 1. The van der Waals surface area contributed by atoms with Gasteiger partial charge in [-0.15, -0.1) is 0 Å². The van der Waals surface area contributed by atoms with E-state index in [0.717, 1.165) is 35.2 Å². The first-order valence-electron chi connectivity index (χ1n) is 12.4. The summed E-state index contributed by atoms with van der Waals surface area (Å²) in [5.74, 6) is 0.454. The molecular formula is C31H40NOP. The van der Waals surface area contributed by atoms with Crippen LogP contribution in [0.4, 0.5) is 5.69 Å². The summed E-state index contributed by atoms with van der Waals surface area (Å²) in [6.45, 7) is 13.4. The molecule has 0 aliphatic rings. The zero-order valence-electron chi connectivity index (χ0n) is 21.7. The van der Waals surface area contributed by atoms with Gasteiger partial charge in [0.25, 0.3) is 0 Å². The molecule has 180 valence electrons. The van der Waals surface area contributed by atoms with Crippen LogP contribution in [0.3, 0.4) is 0 Å². The molecule has 3 rings (SSSR count). The van der Waals surface area contributed by atoms with Crippen LogP contribution in [0.15, 0.2) is 71.7 Å². The van der Waals surface area contributed by atoms with E-state index in [4.69, 9.17) is 4.99 Å². The summed E-state index contributed by atoms with van der Waals surface area (Å²) in [4.78, 5) is 4.72. The van der Waals surface area contributed by atoms with Gasteiger partial charge in [0.2, 0.25) is 0 Å². The SMILES string of the molecule is CCCCCC(C)(Pc1ccccc1C=Nc1ccccc1)c1cc(C(C)(C)C)cc(C)c1O. The maximum absolute atomic E-state index is 11.3. The molecule has 0 aliphatic heterocycles. The lowest BCUT2D eigenvalue weighted by molar-refractivity contribution is 0.444. The van der Waals surface area contributed by atoms with Crippen molar-refractivity contribution in [1.82, 2.24) is 0 Å². The largest absolute Gasteiger partial charge is 0.507 e. The van der Waals surface area contributed by atoms with Gasteiger partial charge in [-0.1, -0.05) is 117 Å². The normalized spacial score (nSPS) is 14.2. The fourth-order valence-corrected chi connectivity index (χ4v) is 6.00. The Morgan fingerprint density at radius 2 is 1.59 bits per heavy atom. The third-order valence-corrected chi connectivity index (χ3v) is 8.32. The predicted octanol–water partition coefficient (Wildman–Crippen LogP) is 8.55. The van der Waals surface area contributed by atoms with Gasteiger partial charge < -0.3 is 5.11 Å². The number of aryl methyl sites for hydroxylation is 1. The molecule has 0 radical (unpaired) electrons. The number of aromatic hydroxyl groups is 1. The lowest BCUT2D eigenvalue weighted by Crippen LogP contribution is -2.23. The van der Waals surface area contributed by atoms with Crippen molar-refractivity contribution in [1.29, 1.82) is 0 Å². The quantitative estimate of drug-likeness (QED) is 0.188. The van der Waals surface area contributed by atoms with Crippen LogP contribution in [0, 0.1) is 6.92 Å². The average Bonchev–Trinajstić information content (AvgIpc) is 2.80. The molecule has 3 aromatic carbocycles. The molecule has 0 heterocycles. The molecule has 0 saturated heterocycles. The third kappa shape index (κ3) is 6.57. The third-order valence-electron chi connectivity index (χ3n) is 6.52. The first-order valence-corrected chi connectivity index (χ1v) is 13.4. The monoisotopic (exact) mass is 473 g/mol. The Morgan fingerprint density at radius 3 is 2.26 bits per heavy atom. The Bertz CT molecular complexity index is 1110. The smallest absolute Gasteiger partial charge is 0.122 e. The van der Waals surface area contributed by atoms with E-state index in [1.807, 2.05) is 43.5 Å². The van der Waals surface area contributed by atoms with Crippen LogP contribution < -0.4 is 5.30 Å². The summed E-state index contributed by atoms with van der Waals surface area (Å²) in [5, 5.41) is 12.4. The molecule has 0 spiro atoms. The van der Waals surface area contributed by atoms with Crippen LogP contribution in [0.2, 0.25) is 0 Å². The van der Waals surface area contributed by atoms with Crippen molar-refractivity contribution in [2.75, 3.05) is 0 Å². The van der Waals surface area contributed by atoms with E-state index >= 15 is 0 Å². The minimum absolute atomic E-state index is 0.0287. The Kier molecular flexibility index (Phi) is 8.72. The number of benzene rings is 3. The maximum atomic E-state index is 11.3. The van der Waals surface area contributed by atoms with Gasteiger partial charge in [-0.3, -0.25) is 4.99 Å². The van der Waals surface area contributed by atoms with Crippen molar-refractivity contribution < 1.29 is 5.11 Å². The predicted molar refractivity (Wildman–Crippen MR) is 151 cm³/mol. The Labute approximate surface area is 208 Å². The molecule has 2 unspecified atom stereocenters.